The molecule has 234 valence electrons. The van der Waals surface area contributed by atoms with Crippen LogP contribution in [0, 0.1) is 0 Å². The van der Waals surface area contributed by atoms with Crippen molar-refractivity contribution in [3.63, 3.8) is 0 Å². The van der Waals surface area contributed by atoms with Gasteiger partial charge in [-0.1, -0.05) is 30.3 Å². The van der Waals surface area contributed by atoms with Gasteiger partial charge in [0.05, 0.1) is 29.7 Å². The van der Waals surface area contributed by atoms with Crippen molar-refractivity contribution >= 4 is 28.9 Å². The molecule has 0 unspecified atom stereocenters. The van der Waals surface area contributed by atoms with Gasteiger partial charge in [-0.05, 0) is 59.8 Å². The molecule has 4 aromatic rings. The standard InChI is InChI=1S/C30H22F6N4O4S/c1-40(15-25-38-39-27(44-25)18-6-4-3-5-7-18)28-37-26(41)24(45-28)13-17-8-11-22(23(12-17)42-2)43-16-19-9-10-20(29(31,32)33)14-21(19)30(34,35)36/h3-14H,15-16H2,1-2H3/b24-13-. The maximum atomic E-state index is 13.5. The van der Waals surface area contributed by atoms with Gasteiger partial charge in [-0.2, -0.15) is 31.3 Å². The summed E-state index contributed by atoms with van der Waals surface area (Å²) in [4.78, 5) is 18.7. The van der Waals surface area contributed by atoms with Gasteiger partial charge in [0.2, 0.25) is 11.8 Å². The molecule has 1 amide bonds. The lowest BCUT2D eigenvalue weighted by Crippen LogP contribution is -2.22. The Morgan fingerprint density at radius 1 is 0.933 bits per heavy atom. The van der Waals surface area contributed by atoms with Crippen molar-refractivity contribution < 1.29 is 45.0 Å². The Labute approximate surface area is 256 Å². The van der Waals surface area contributed by atoms with Crippen LogP contribution in [0.25, 0.3) is 17.5 Å². The van der Waals surface area contributed by atoms with E-state index in [4.69, 9.17) is 13.9 Å². The highest BCUT2D eigenvalue weighted by molar-refractivity contribution is 8.18. The average molecular weight is 649 g/mol. The third-order valence-corrected chi connectivity index (χ3v) is 7.50. The van der Waals surface area contributed by atoms with E-state index < -0.39 is 41.6 Å². The Morgan fingerprint density at radius 3 is 2.38 bits per heavy atom. The molecule has 0 saturated heterocycles. The molecule has 0 spiro atoms. The van der Waals surface area contributed by atoms with Crippen molar-refractivity contribution in [2.75, 3.05) is 14.2 Å². The van der Waals surface area contributed by atoms with Gasteiger partial charge in [-0.15, -0.1) is 10.2 Å². The molecule has 0 N–H and O–H groups in total. The molecule has 1 aromatic heterocycles. The molecule has 0 saturated carbocycles. The van der Waals surface area contributed by atoms with Crippen LogP contribution in [0.1, 0.15) is 28.1 Å². The predicted molar refractivity (Wildman–Crippen MR) is 153 cm³/mol. The number of alkyl halides is 6. The largest absolute Gasteiger partial charge is 0.493 e. The Hall–Kier alpha value is -4.79. The van der Waals surface area contributed by atoms with E-state index in [1.54, 1.807) is 24.1 Å². The van der Waals surface area contributed by atoms with Crippen molar-refractivity contribution in [1.29, 1.82) is 0 Å². The number of amides is 1. The Kier molecular flexibility index (Phi) is 8.91. The van der Waals surface area contributed by atoms with Crippen LogP contribution >= 0.6 is 11.8 Å². The number of ether oxygens (including phenoxy) is 2. The number of methoxy groups -OCH3 is 1. The molecule has 15 heteroatoms. The predicted octanol–water partition coefficient (Wildman–Crippen LogP) is 7.46. The van der Waals surface area contributed by atoms with Crippen LogP contribution in [0.3, 0.4) is 0 Å². The summed E-state index contributed by atoms with van der Waals surface area (Å²) < 4.78 is 96.0. The van der Waals surface area contributed by atoms with Gasteiger partial charge < -0.3 is 18.8 Å². The van der Waals surface area contributed by atoms with E-state index in [2.05, 4.69) is 15.2 Å². The van der Waals surface area contributed by atoms with E-state index in [9.17, 15) is 31.1 Å². The summed E-state index contributed by atoms with van der Waals surface area (Å²) in [6.07, 6.45) is -8.41. The lowest BCUT2D eigenvalue weighted by molar-refractivity contribution is -0.143. The minimum Gasteiger partial charge on any atom is -0.493 e. The summed E-state index contributed by atoms with van der Waals surface area (Å²) in [6.45, 7) is -0.477. The van der Waals surface area contributed by atoms with E-state index in [1.807, 2.05) is 30.3 Å². The zero-order chi connectivity index (χ0) is 32.4. The second-order valence-corrected chi connectivity index (χ2v) is 10.6. The smallest absolute Gasteiger partial charge is 0.416 e. The van der Waals surface area contributed by atoms with Crippen LogP contribution < -0.4 is 9.47 Å². The molecular formula is C30H22F6N4O4S. The van der Waals surface area contributed by atoms with Gasteiger partial charge >= 0.3 is 12.4 Å². The fourth-order valence-electron chi connectivity index (χ4n) is 4.19. The number of aromatic nitrogens is 2. The van der Waals surface area contributed by atoms with Gasteiger partial charge in [0.1, 0.15) is 6.61 Å². The quantitative estimate of drug-likeness (QED) is 0.144. The number of aliphatic imine (C=N–C) groups is 1. The summed E-state index contributed by atoms with van der Waals surface area (Å²) in [6, 6.07) is 15.0. The van der Waals surface area contributed by atoms with Crippen molar-refractivity contribution in [1.82, 2.24) is 15.1 Å². The number of halogens is 6. The third kappa shape index (κ3) is 7.48. The molecule has 0 bridgehead atoms. The SMILES string of the molecule is COc1cc(/C=C2\SC(N(C)Cc3nnc(-c4ccccc4)o3)=NC2=O)ccc1OCc1ccc(C(F)(F)F)cc1C(F)(F)F. The zero-order valence-corrected chi connectivity index (χ0v) is 24.3. The number of amidine groups is 1. The topological polar surface area (TPSA) is 90.0 Å². The van der Waals surface area contributed by atoms with Gasteiger partial charge in [-0.3, -0.25) is 4.79 Å². The number of hydrogen-bond acceptors (Lipinski definition) is 8. The summed E-state index contributed by atoms with van der Waals surface area (Å²) in [5.74, 6) is 0.369. The highest BCUT2D eigenvalue weighted by Crippen LogP contribution is 2.39. The highest BCUT2D eigenvalue weighted by Gasteiger charge is 2.38. The third-order valence-electron chi connectivity index (χ3n) is 6.41. The number of rotatable bonds is 8. The fourth-order valence-corrected chi connectivity index (χ4v) is 5.06. The Morgan fingerprint density at radius 2 is 1.69 bits per heavy atom. The molecule has 0 aliphatic carbocycles. The van der Waals surface area contributed by atoms with Crippen LogP contribution in [0.15, 0.2) is 81.0 Å². The first-order valence-electron chi connectivity index (χ1n) is 13.0. The molecule has 5 rings (SSSR count). The zero-order valence-electron chi connectivity index (χ0n) is 23.4. The first kappa shape index (κ1) is 31.6. The van der Waals surface area contributed by atoms with Crippen molar-refractivity contribution in [2.45, 2.75) is 25.5 Å². The van der Waals surface area contributed by atoms with Gasteiger partial charge in [-0.25, -0.2) is 0 Å². The van der Waals surface area contributed by atoms with E-state index in [0.717, 1.165) is 23.4 Å². The second-order valence-electron chi connectivity index (χ2n) is 9.60. The normalized spacial score (nSPS) is 14.5. The molecule has 0 radical (unpaired) electrons. The van der Waals surface area contributed by atoms with Crippen LogP contribution in [-0.2, 0) is 30.3 Å². The summed E-state index contributed by atoms with van der Waals surface area (Å²) >= 11 is 1.11. The first-order chi connectivity index (χ1) is 21.3. The van der Waals surface area contributed by atoms with Crippen molar-refractivity contribution in [3.8, 4) is 23.0 Å². The Bertz CT molecular complexity index is 1770. The first-order valence-corrected chi connectivity index (χ1v) is 13.8. The number of thioether (sulfide) groups is 1. The summed E-state index contributed by atoms with van der Waals surface area (Å²) in [5, 5.41) is 8.50. The fraction of sp³-hybridized carbons (Fsp3) is 0.200. The van der Waals surface area contributed by atoms with Crippen LogP contribution in [-0.4, -0.2) is 40.3 Å². The minimum absolute atomic E-state index is 0.0455. The molecule has 0 atom stereocenters. The number of carbonyl (C=O) groups is 1. The number of benzene rings is 3. The molecular weight excluding hydrogens is 626 g/mol. The van der Waals surface area contributed by atoms with Gasteiger partial charge in [0.25, 0.3) is 5.91 Å². The van der Waals surface area contributed by atoms with E-state index >= 15 is 0 Å². The van der Waals surface area contributed by atoms with Crippen molar-refractivity contribution in [3.05, 3.63) is 99.8 Å². The summed E-state index contributed by atoms with van der Waals surface area (Å²) in [5.41, 5.74) is -2.08. The molecule has 0 fully saturated rings. The van der Waals surface area contributed by atoms with Crippen molar-refractivity contribution in [2.24, 2.45) is 4.99 Å². The summed E-state index contributed by atoms with van der Waals surface area (Å²) in [7, 11) is 3.02. The van der Waals surface area contributed by atoms with Crippen LogP contribution in [0.4, 0.5) is 26.3 Å². The maximum absolute atomic E-state index is 13.5. The number of carbonyl (C=O) groups excluding carboxylic acids is 1. The molecule has 45 heavy (non-hydrogen) atoms. The molecule has 1 aliphatic rings. The van der Waals surface area contributed by atoms with E-state index in [0.29, 0.717) is 33.5 Å². The molecule has 3 aromatic carbocycles. The van der Waals surface area contributed by atoms with Gasteiger partial charge in [0, 0.05) is 18.2 Å². The Balaban J connectivity index is 1.26. The molecule has 8 nitrogen and oxygen atoms in total. The van der Waals surface area contributed by atoms with Crippen LogP contribution in [0.2, 0.25) is 0 Å². The maximum Gasteiger partial charge on any atom is 0.416 e. The van der Waals surface area contributed by atoms with Crippen LogP contribution in [0.5, 0.6) is 11.5 Å². The molecule has 2 heterocycles. The minimum atomic E-state index is -5.03. The lowest BCUT2D eigenvalue weighted by Gasteiger charge is -2.17. The number of hydrogen-bond donors (Lipinski definition) is 0. The van der Waals surface area contributed by atoms with Gasteiger partial charge in [0.15, 0.2) is 16.7 Å². The average Bonchev–Trinajstić information content (AvgIpc) is 3.62. The number of nitrogens with zero attached hydrogens (tertiary/aromatic N) is 4. The highest BCUT2D eigenvalue weighted by atomic mass is 32.2. The lowest BCUT2D eigenvalue weighted by atomic mass is 10.0. The molecule has 1 aliphatic heterocycles. The second kappa shape index (κ2) is 12.7. The van der Waals surface area contributed by atoms with E-state index in [1.165, 1.54) is 19.2 Å². The van der Waals surface area contributed by atoms with E-state index in [-0.39, 0.29) is 24.1 Å². The monoisotopic (exact) mass is 648 g/mol.